The average molecular weight is 286 g/mol. The van der Waals surface area contributed by atoms with Crippen molar-refractivity contribution in [3.63, 3.8) is 0 Å². The summed E-state index contributed by atoms with van der Waals surface area (Å²) in [5.74, 6) is 0. The molecule has 0 radical (unpaired) electrons. The molecular formula is C10H12BrN3S. The molecule has 0 aliphatic rings. The highest BCUT2D eigenvalue weighted by molar-refractivity contribution is 9.10. The molecule has 2 rings (SSSR count). The molecule has 0 aliphatic heterocycles. The van der Waals surface area contributed by atoms with Gasteiger partial charge in [-0.15, -0.1) is 11.3 Å². The minimum atomic E-state index is 0.841. The van der Waals surface area contributed by atoms with Crippen LogP contribution in [0.15, 0.2) is 28.3 Å². The van der Waals surface area contributed by atoms with Crippen LogP contribution in [0.25, 0.3) is 0 Å². The zero-order valence-corrected chi connectivity index (χ0v) is 10.8. The summed E-state index contributed by atoms with van der Waals surface area (Å²) in [5.41, 5.74) is 1.07. The minimum Gasteiger partial charge on any atom is -0.378 e. The molecular weight excluding hydrogens is 274 g/mol. The SMILES string of the molecule is CCn1cc(NCc2sccc2Br)cn1. The van der Waals surface area contributed by atoms with Gasteiger partial charge >= 0.3 is 0 Å². The van der Waals surface area contributed by atoms with Crippen LogP contribution >= 0.6 is 27.3 Å². The Morgan fingerprint density at radius 2 is 2.47 bits per heavy atom. The smallest absolute Gasteiger partial charge is 0.0729 e. The lowest BCUT2D eigenvalue weighted by atomic mass is 10.4. The van der Waals surface area contributed by atoms with E-state index >= 15 is 0 Å². The molecule has 0 aliphatic carbocycles. The van der Waals surface area contributed by atoms with Crippen molar-refractivity contribution in [3.05, 3.63) is 33.2 Å². The third-order valence-corrected chi connectivity index (χ3v) is 4.03. The number of anilines is 1. The normalized spacial score (nSPS) is 10.5. The molecule has 2 heterocycles. The van der Waals surface area contributed by atoms with Gasteiger partial charge in [0, 0.05) is 22.1 Å². The van der Waals surface area contributed by atoms with Gasteiger partial charge in [0.2, 0.25) is 0 Å². The number of hydrogen-bond acceptors (Lipinski definition) is 3. The zero-order valence-electron chi connectivity index (χ0n) is 8.40. The summed E-state index contributed by atoms with van der Waals surface area (Å²) in [4.78, 5) is 1.30. The summed E-state index contributed by atoms with van der Waals surface area (Å²) in [6.07, 6.45) is 3.87. The predicted octanol–water partition coefficient (Wildman–Crippen LogP) is 3.34. The molecule has 0 fully saturated rings. The fourth-order valence-corrected chi connectivity index (χ4v) is 2.69. The summed E-state index contributed by atoms with van der Waals surface area (Å²) >= 11 is 5.25. The fraction of sp³-hybridized carbons (Fsp3) is 0.300. The van der Waals surface area contributed by atoms with Crippen LogP contribution < -0.4 is 5.32 Å². The van der Waals surface area contributed by atoms with E-state index in [0.29, 0.717) is 0 Å². The van der Waals surface area contributed by atoms with Crippen molar-refractivity contribution in [1.29, 1.82) is 0 Å². The summed E-state index contributed by atoms with van der Waals surface area (Å²) < 4.78 is 3.08. The molecule has 80 valence electrons. The number of nitrogens with one attached hydrogen (secondary N) is 1. The first-order valence-electron chi connectivity index (χ1n) is 4.78. The van der Waals surface area contributed by atoms with Crippen LogP contribution in [0.5, 0.6) is 0 Å². The molecule has 0 aromatic carbocycles. The average Bonchev–Trinajstić information content (AvgIpc) is 2.84. The van der Waals surface area contributed by atoms with Crippen LogP contribution in [0.1, 0.15) is 11.8 Å². The van der Waals surface area contributed by atoms with Gasteiger partial charge in [-0.1, -0.05) is 0 Å². The molecule has 0 bridgehead atoms. The lowest BCUT2D eigenvalue weighted by Gasteiger charge is -2.01. The standard InChI is InChI=1S/C10H12BrN3S/c1-2-14-7-8(5-13-14)12-6-10-9(11)3-4-15-10/h3-5,7,12H,2,6H2,1H3. The predicted molar refractivity (Wildman–Crippen MR) is 67.2 cm³/mol. The Kier molecular flexibility index (Phi) is 3.43. The Morgan fingerprint density at radius 1 is 1.60 bits per heavy atom. The summed E-state index contributed by atoms with van der Waals surface area (Å²) in [6, 6.07) is 2.07. The molecule has 1 N–H and O–H groups in total. The Morgan fingerprint density at radius 3 is 3.07 bits per heavy atom. The molecule has 0 saturated heterocycles. The van der Waals surface area contributed by atoms with Crippen LogP contribution in [0.4, 0.5) is 5.69 Å². The van der Waals surface area contributed by atoms with Crippen LogP contribution in [-0.4, -0.2) is 9.78 Å². The molecule has 3 nitrogen and oxygen atoms in total. The van der Waals surface area contributed by atoms with Crippen molar-refractivity contribution < 1.29 is 0 Å². The monoisotopic (exact) mass is 285 g/mol. The molecule has 0 spiro atoms. The van der Waals surface area contributed by atoms with Gasteiger partial charge in [0.05, 0.1) is 18.4 Å². The lowest BCUT2D eigenvalue weighted by Crippen LogP contribution is -1.97. The lowest BCUT2D eigenvalue weighted by molar-refractivity contribution is 0.660. The third kappa shape index (κ3) is 2.60. The van der Waals surface area contributed by atoms with Gasteiger partial charge in [-0.3, -0.25) is 4.68 Å². The zero-order chi connectivity index (χ0) is 10.7. The molecule has 0 unspecified atom stereocenters. The van der Waals surface area contributed by atoms with Crippen LogP contribution in [0.3, 0.4) is 0 Å². The summed E-state index contributed by atoms with van der Waals surface area (Å²) in [7, 11) is 0. The van der Waals surface area contributed by atoms with Gasteiger partial charge in [-0.2, -0.15) is 5.10 Å². The Bertz CT molecular complexity index is 435. The number of hydrogen-bond donors (Lipinski definition) is 1. The van der Waals surface area contributed by atoms with Gasteiger partial charge < -0.3 is 5.32 Å². The number of aryl methyl sites for hydroxylation is 1. The van der Waals surface area contributed by atoms with Crippen LogP contribution in [-0.2, 0) is 13.1 Å². The van der Waals surface area contributed by atoms with Crippen molar-refractivity contribution >= 4 is 33.0 Å². The third-order valence-electron chi connectivity index (χ3n) is 2.10. The van der Waals surface area contributed by atoms with Gasteiger partial charge in [0.1, 0.15) is 0 Å². The van der Waals surface area contributed by atoms with Crippen LogP contribution in [0.2, 0.25) is 0 Å². The maximum absolute atomic E-state index is 4.20. The van der Waals surface area contributed by atoms with E-state index in [2.05, 4.69) is 44.7 Å². The largest absolute Gasteiger partial charge is 0.378 e. The fourth-order valence-electron chi connectivity index (χ4n) is 1.26. The van der Waals surface area contributed by atoms with Gasteiger partial charge in [-0.25, -0.2) is 0 Å². The van der Waals surface area contributed by atoms with E-state index < -0.39 is 0 Å². The Balaban J connectivity index is 1.96. The van der Waals surface area contributed by atoms with Crippen molar-refractivity contribution in [2.75, 3.05) is 5.32 Å². The molecule has 15 heavy (non-hydrogen) atoms. The van der Waals surface area contributed by atoms with E-state index in [9.17, 15) is 0 Å². The quantitative estimate of drug-likeness (QED) is 0.934. The second-order valence-electron chi connectivity index (χ2n) is 3.13. The second-order valence-corrected chi connectivity index (χ2v) is 4.98. The molecule has 0 amide bonds. The van der Waals surface area contributed by atoms with Crippen molar-refractivity contribution in [2.24, 2.45) is 0 Å². The number of nitrogens with zero attached hydrogens (tertiary/aromatic N) is 2. The van der Waals surface area contributed by atoms with E-state index in [-0.39, 0.29) is 0 Å². The Hall–Kier alpha value is -0.810. The van der Waals surface area contributed by atoms with E-state index in [0.717, 1.165) is 18.8 Å². The summed E-state index contributed by atoms with van der Waals surface area (Å²) in [6.45, 7) is 3.82. The number of aromatic nitrogens is 2. The molecule has 2 aromatic rings. The molecule has 2 aromatic heterocycles. The first-order chi connectivity index (χ1) is 7.29. The first-order valence-corrected chi connectivity index (χ1v) is 6.45. The molecule has 0 atom stereocenters. The molecule has 5 heteroatoms. The van der Waals surface area contributed by atoms with Crippen molar-refractivity contribution in [3.8, 4) is 0 Å². The van der Waals surface area contributed by atoms with E-state index in [1.165, 1.54) is 9.35 Å². The first kappa shape index (κ1) is 10.7. The van der Waals surface area contributed by atoms with Crippen molar-refractivity contribution in [2.45, 2.75) is 20.0 Å². The highest BCUT2D eigenvalue weighted by Gasteiger charge is 2.01. The topological polar surface area (TPSA) is 29.9 Å². The van der Waals surface area contributed by atoms with Gasteiger partial charge in [0.25, 0.3) is 0 Å². The van der Waals surface area contributed by atoms with E-state index in [1.807, 2.05) is 17.1 Å². The highest BCUT2D eigenvalue weighted by Crippen LogP contribution is 2.23. The Labute approximate surface area is 101 Å². The van der Waals surface area contributed by atoms with E-state index in [4.69, 9.17) is 0 Å². The highest BCUT2D eigenvalue weighted by atomic mass is 79.9. The van der Waals surface area contributed by atoms with Gasteiger partial charge in [-0.05, 0) is 34.3 Å². The van der Waals surface area contributed by atoms with Crippen molar-refractivity contribution in [1.82, 2.24) is 9.78 Å². The maximum Gasteiger partial charge on any atom is 0.0729 e. The number of halogens is 1. The van der Waals surface area contributed by atoms with Crippen LogP contribution in [0, 0.1) is 0 Å². The summed E-state index contributed by atoms with van der Waals surface area (Å²) in [5, 5.41) is 9.62. The maximum atomic E-state index is 4.20. The molecule has 0 saturated carbocycles. The van der Waals surface area contributed by atoms with Gasteiger partial charge in [0.15, 0.2) is 0 Å². The van der Waals surface area contributed by atoms with E-state index in [1.54, 1.807) is 11.3 Å². The minimum absolute atomic E-state index is 0.841. The number of rotatable bonds is 4. The number of thiophene rings is 1. The second kappa shape index (κ2) is 4.81.